The van der Waals surface area contributed by atoms with Crippen LogP contribution >= 0.6 is 0 Å². The molecule has 3 aromatic rings. The predicted molar refractivity (Wildman–Crippen MR) is 122 cm³/mol. The molecule has 3 aliphatic rings. The van der Waals surface area contributed by atoms with Crippen molar-refractivity contribution in [1.29, 1.82) is 0 Å². The van der Waals surface area contributed by atoms with E-state index in [1.807, 2.05) is 12.1 Å². The molecule has 2 aromatic carbocycles. The van der Waals surface area contributed by atoms with E-state index in [9.17, 15) is 4.39 Å². The Morgan fingerprint density at radius 1 is 1.00 bits per heavy atom. The Labute approximate surface area is 195 Å². The summed E-state index contributed by atoms with van der Waals surface area (Å²) in [5.74, 6) is -0.00495. The van der Waals surface area contributed by atoms with Crippen molar-refractivity contribution in [3.63, 3.8) is 0 Å². The van der Waals surface area contributed by atoms with Gasteiger partial charge in [-0.05, 0) is 66.3 Å². The van der Waals surface area contributed by atoms with Crippen molar-refractivity contribution in [2.45, 2.75) is 24.3 Å². The van der Waals surface area contributed by atoms with Gasteiger partial charge in [0.25, 0.3) is 0 Å². The summed E-state index contributed by atoms with van der Waals surface area (Å²) < 4.78 is 47.3. The van der Waals surface area contributed by atoms with Gasteiger partial charge in [-0.15, -0.1) is 0 Å². The number of ether oxygens (including phenoxy) is 3. The Morgan fingerprint density at radius 2 is 1.85 bits per heavy atom. The highest BCUT2D eigenvalue weighted by Crippen LogP contribution is 2.52. The van der Waals surface area contributed by atoms with Gasteiger partial charge in [0, 0.05) is 36.1 Å². The van der Waals surface area contributed by atoms with E-state index in [0.29, 0.717) is 47.1 Å². The number of fused-ring (bicyclic) bond motifs is 4. The van der Waals surface area contributed by atoms with E-state index in [0.717, 1.165) is 18.4 Å². The number of hydrogen-bond acceptors (Lipinski definition) is 6. The fourth-order valence-corrected chi connectivity index (χ4v) is 5.15. The lowest BCUT2D eigenvalue weighted by Gasteiger charge is -2.40. The SMILES string of the molecule is NC1=NC2(COC1)c1cc(-c3cccnc3F)ccc1Oc1c(F)cc(C3CCOCC3)cc12. The van der Waals surface area contributed by atoms with Crippen molar-refractivity contribution in [3.8, 4) is 22.6 Å². The van der Waals surface area contributed by atoms with Crippen LogP contribution in [0.25, 0.3) is 11.1 Å². The van der Waals surface area contributed by atoms with Gasteiger partial charge in [-0.1, -0.05) is 6.07 Å². The predicted octanol–water partition coefficient (Wildman–Crippen LogP) is 4.66. The summed E-state index contributed by atoms with van der Waals surface area (Å²) in [6, 6.07) is 12.1. The number of nitrogens with zero attached hydrogens (tertiary/aromatic N) is 2. The molecule has 0 aliphatic carbocycles. The maximum absolute atomic E-state index is 15.5. The van der Waals surface area contributed by atoms with Gasteiger partial charge in [-0.2, -0.15) is 4.39 Å². The van der Waals surface area contributed by atoms with Crippen LogP contribution in [-0.4, -0.2) is 37.2 Å². The van der Waals surface area contributed by atoms with Gasteiger partial charge < -0.3 is 19.9 Å². The van der Waals surface area contributed by atoms with Crippen molar-refractivity contribution in [1.82, 2.24) is 4.98 Å². The molecule has 4 heterocycles. The van der Waals surface area contributed by atoms with Gasteiger partial charge in [-0.25, -0.2) is 9.37 Å². The Kier molecular flexibility index (Phi) is 5.08. The lowest BCUT2D eigenvalue weighted by molar-refractivity contribution is 0.0850. The minimum atomic E-state index is -1.11. The smallest absolute Gasteiger partial charge is 0.220 e. The topological polar surface area (TPSA) is 79.0 Å². The van der Waals surface area contributed by atoms with Crippen molar-refractivity contribution in [2.24, 2.45) is 10.7 Å². The summed E-state index contributed by atoms with van der Waals surface area (Å²) in [4.78, 5) is 8.59. The van der Waals surface area contributed by atoms with Gasteiger partial charge in [0.05, 0.1) is 6.61 Å². The second-order valence-corrected chi connectivity index (χ2v) is 8.88. The third-order valence-electron chi connectivity index (χ3n) is 6.81. The number of aromatic nitrogens is 1. The van der Waals surface area contributed by atoms with Crippen molar-refractivity contribution < 1.29 is 23.0 Å². The van der Waals surface area contributed by atoms with Gasteiger partial charge >= 0.3 is 0 Å². The highest BCUT2D eigenvalue weighted by atomic mass is 19.1. The number of aliphatic imine (C=N–C) groups is 1. The van der Waals surface area contributed by atoms with E-state index < -0.39 is 17.3 Å². The Hall–Kier alpha value is -3.36. The third kappa shape index (κ3) is 3.36. The highest BCUT2D eigenvalue weighted by Gasteiger charge is 2.46. The van der Waals surface area contributed by atoms with Crippen LogP contribution in [0.5, 0.6) is 11.5 Å². The number of pyridine rings is 1. The zero-order valence-corrected chi connectivity index (χ0v) is 18.4. The van der Waals surface area contributed by atoms with Gasteiger partial charge in [-0.3, -0.25) is 4.99 Å². The average Bonchev–Trinajstić information content (AvgIpc) is 2.86. The first-order valence-electron chi connectivity index (χ1n) is 11.3. The van der Waals surface area contributed by atoms with Crippen molar-refractivity contribution in [2.75, 3.05) is 26.4 Å². The molecule has 1 atom stereocenters. The quantitative estimate of drug-likeness (QED) is 0.560. The maximum atomic E-state index is 15.5. The Bertz CT molecular complexity index is 1310. The van der Waals surface area contributed by atoms with Crippen LogP contribution in [0.3, 0.4) is 0 Å². The van der Waals surface area contributed by atoms with E-state index in [1.54, 1.807) is 30.3 Å². The molecular formula is C26H23F2N3O3. The van der Waals surface area contributed by atoms with Gasteiger partial charge in [0.15, 0.2) is 11.6 Å². The molecule has 1 aromatic heterocycles. The summed E-state index contributed by atoms with van der Waals surface area (Å²) in [6.45, 7) is 1.63. The third-order valence-corrected chi connectivity index (χ3v) is 6.81. The molecular weight excluding hydrogens is 440 g/mol. The van der Waals surface area contributed by atoms with E-state index in [4.69, 9.17) is 24.9 Å². The zero-order valence-electron chi connectivity index (χ0n) is 18.4. The molecule has 174 valence electrons. The maximum Gasteiger partial charge on any atom is 0.220 e. The summed E-state index contributed by atoms with van der Waals surface area (Å²) in [6.07, 6.45) is 3.03. The first-order chi connectivity index (χ1) is 16.5. The molecule has 34 heavy (non-hydrogen) atoms. The second kappa shape index (κ2) is 8.14. The fraction of sp³-hybridized carbons (Fsp3) is 0.308. The fourth-order valence-electron chi connectivity index (χ4n) is 5.15. The molecule has 3 aliphatic heterocycles. The molecule has 8 heteroatoms. The van der Waals surface area contributed by atoms with Crippen LogP contribution < -0.4 is 10.5 Å². The second-order valence-electron chi connectivity index (χ2n) is 8.88. The van der Waals surface area contributed by atoms with E-state index in [2.05, 4.69) is 4.98 Å². The zero-order chi connectivity index (χ0) is 23.3. The molecule has 1 fully saturated rings. The van der Waals surface area contributed by atoms with Crippen molar-refractivity contribution >= 4 is 5.84 Å². The summed E-state index contributed by atoms with van der Waals surface area (Å²) in [5.41, 5.74) is 8.08. The van der Waals surface area contributed by atoms with E-state index >= 15 is 4.39 Å². The molecule has 6 rings (SSSR count). The number of nitrogens with two attached hydrogens (primary N) is 1. The van der Waals surface area contributed by atoms with Crippen LogP contribution in [-0.2, 0) is 15.0 Å². The normalized spacial score (nSPS) is 22.0. The molecule has 0 bridgehead atoms. The van der Waals surface area contributed by atoms with Crippen LogP contribution in [0.15, 0.2) is 53.7 Å². The standard InChI is InChI=1S/C26H23F2N3O3/c27-21-12-17(15-5-8-32-9-6-15)11-20-24(21)34-22-4-3-16(18-2-1-7-30-25(18)28)10-19(22)26(20)14-33-13-23(29)31-26/h1-4,7,10-12,15H,5-6,8-9,13-14H2,(H2,29,31). The Balaban J connectivity index is 1.56. The molecule has 1 unspecified atom stereocenters. The van der Waals surface area contributed by atoms with Crippen LogP contribution in [0.2, 0.25) is 0 Å². The minimum absolute atomic E-state index is 0.116. The average molecular weight is 463 g/mol. The molecule has 0 amide bonds. The largest absolute Gasteiger partial charge is 0.453 e. The molecule has 1 saturated heterocycles. The number of rotatable bonds is 2. The monoisotopic (exact) mass is 463 g/mol. The lowest BCUT2D eigenvalue weighted by atomic mass is 9.77. The molecule has 0 saturated carbocycles. The molecule has 2 N–H and O–H groups in total. The minimum Gasteiger partial charge on any atom is -0.453 e. The first-order valence-corrected chi connectivity index (χ1v) is 11.3. The summed E-state index contributed by atoms with van der Waals surface area (Å²) in [7, 11) is 0. The lowest BCUT2D eigenvalue weighted by Crippen LogP contribution is -2.42. The summed E-state index contributed by atoms with van der Waals surface area (Å²) in [5, 5.41) is 0. The number of hydrogen-bond donors (Lipinski definition) is 1. The van der Waals surface area contributed by atoms with Gasteiger partial charge in [0.1, 0.15) is 23.7 Å². The van der Waals surface area contributed by atoms with E-state index in [-0.39, 0.29) is 24.9 Å². The van der Waals surface area contributed by atoms with Gasteiger partial charge in [0.2, 0.25) is 5.95 Å². The van der Waals surface area contributed by atoms with Crippen LogP contribution in [0.1, 0.15) is 35.4 Å². The van der Waals surface area contributed by atoms with Crippen LogP contribution in [0.4, 0.5) is 8.78 Å². The summed E-state index contributed by atoms with van der Waals surface area (Å²) >= 11 is 0. The first kappa shape index (κ1) is 21.2. The van der Waals surface area contributed by atoms with Crippen LogP contribution in [0, 0.1) is 11.8 Å². The molecule has 1 spiro atoms. The van der Waals surface area contributed by atoms with E-state index in [1.165, 1.54) is 6.20 Å². The molecule has 6 nitrogen and oxygen atoms in total. The molecule has 0 radical (unpaired) electrons. The Morgan fingerprint density at radius 3 is 2.65 bits per heavy atom. The number of halogens is 2. The van der Waals surface area contributed by atoms with Crippen molar-refractivity contribution in [3.05, 3.63) is 77.1 Å². The highest BCUT2D eigenvalue weighted by molar-refractivity contribution is 5.84. The number of amidine groups is 1. The number of benzene rings is 2.